The zero-order valence-electron chi connectivity index (χ0n) is 11.5. The van der Waals surface area contributed by atoms with Crippen LogP contribution in [0.2, 0.25) is 0 Å². The molecule has 3 N–H and O–H groups in total. The molecule has 5 nitrogen and oxygen atoms in total. The maximum absolute atomic E-state index is 11.6. The van der Waals surface area contributed by atoms with Gasteiger partial charge in [-0.3, -0.25) is 4.79 Å². The van der Waals surface area contributed by atoms with Crippen LogP contribution < -0.4 is 10.6 Å². The molecule has 20 heavy (non-hydrogen) atoms. The molecule has 0 radical (unpaired) electrons. The molecule has 6 heteroatoms. The Labute approximate surface area is 123 Å². The predicted molar refractivity (Wildman–Crippen MR) is 82.4 cm³/mol. The molecule has 0 aliphatic rings. The summed E-state index contributed by atoms with van der Waals surface area (Å²) in [5.74, 6) is 0.239. The summed E-state index contributed by atoms with van der Waals surface area (Å²) in [5.41, 5.74) is 1.36. The molecule has 1 aromatic carbocycles. The minimum atomic E-state index is -0.867. The van der Waals surface area contributed by atoms with Crippen LogP contribution in [-0.4, -0.2) is 35.7 Å². The average Bonchev–Trinajstić information content (AvgIpc) is 2.40. The number of carboxylic acid groups (broad SMARTS) is 1. The summed E-state index contributed by atoms with van der Waals surface area (Å²) < 4.78 is 0. The van der Waals surface area contributed by atoms with Gasteiger partial charge in [0.15, 0.2) is 0 Å². The molecule has 110 valence electrons. The van der Waals surface area contributed by atoms with E-state index in [4.69, 9.17) is 5.11 Å². The van der Waals surface area contributed by atoms with Gasteiger partial charge in [-0.25, -0.2) is 4.79 Å². The second-order valence-electron chi connectivity index (χ2n) is 4.35. The molecule has 2 amide bonds. The van der Waals surface area contributed by atoms with Gasteiger partial charge in [0.1, 0.15) is 0 Å². The number of hydrogen-bond donors (Lipinski definition) is 3. The first-order chi connectivity index (χ1) is 9.61. The number of urea groups is 1. The number of hydrogen-bond acceptors (Lipinski definition) is 3. The maximum atomic E-state index is 11.6. The molecule has 1 aromatic rings. The van der Waals surface area contributed by atoms with Crippen molar-refractivity contribution in [1.29, 1.82) is 0 Å². The highest BCUT2D eigenvalue weighted by Gasteiger charge is 2.03. The predicted octanol–water partition coefficient (Wildman–Crippen LogP) is 2.58. The van der Waals surface area contributed by atoms with E-state index in [-0.39, 0.29) is 12.5 Å². The van der Waals surface area contributed by atoms with Crippen LogP contribution in [0.5, 0.6) is 0 Å². The Kier molecular flexibility index (Phi) is 7.57. The van der Waals surface area contributed by atoms with Gasteiger partial charge in [0.05, 0.1) is 6.42 Å². The van der Waals surface area contributed by atoms with E-state index >= 15 is 0 Å². The van der Waals surface area contributed by atoms with Crippen molar-refractivity contribution in [2.45, 2.75) is 19.3 Å². The van der Waals surface area contributed by atoms with Gasteiger partial charge in [-0.05, 0) is 42.5 Å². The van der Waals surface area contributed by atoms with E-state index in [0.29, 0.717) is 17.8 Å². The van der Waals surface area contributed by atoms with Gasteiger partial charge in [-0.15, -0.1) is 0 Å². The van der Waals surface area contributed by atoms with Gasteiger partial charge >= 0.3 is 12.0 Å². The molecule has 0 unspecified atom stereocenters. The van der Waals surface area contributed by atoms with E-state index in [1.807, 2.05) is 0 Å². The molecule has 0 atom stereocenters. The summed E-state index contributed by atoms with van der Waals surface area (Å²) >= 11 is 1.80. The SMILES string of the molecule is CSCCCCNC(=O)Nc1ccc(CC(=O)O)cc1. The van der Waals surface area contributed by atoms with Gasteiger partial charge in [0.25, 0.3) is 0 Å². The molecule has 0 aliphatic carbocycles. The zero-order chi connectivity index (χ0) is 14.8. The Hall–Kier alpha value is -1.69. The first-order valence-electron chi connectivity index (χ1n) is 6.46. The molecular formula is C14H20N2O3S. The van der Waals surface area contributed by atoms with Crippen molar-refractivity contribution in [2.24, 2.45) is 0 Å². The van der Waals surface area contributed by atoms with Gasteiger partial charge in [-0.1, -0.05) is 12.1 Å². The Morgan fingerprint density at radius 1 is 1.20 bits per heavy atom. The molecule has 0 heterocycles. The minimum Gasteiger partial charge on any atom is -0.481 e. The van der Waals surface area contributed by atoms with Gasteiger partial charge < -0.3 is 15.7 Å². The molecule has 1 rings (SSSR count). The largest absolute Gasteiger partial charge is 0.481 e. The van der Waals surface area contributed by atoms with Gasteiger partial charge in [0.2, 0.25) is 0 Å². The van der Waals surface area contributed by atoms with Crippen LogP contribution in [0.3, 0.4) is 0 Å². The summed E-state index contributed by atoms with van der Waals surface area (Å²) in [4.78, 5) is 22.1. The highest BCUT2D eigenvalue weighted by molar-refractivity contribution is 7.98. The molecular weight excluding hydrogens is 276 g/mol. The third kappa shape index (κ3) is 7.04. The first-order valence-corrected chi connectivity index (χ1v) is 7.85. The highest BCUT2D eigenvalue weighted by Crippen LogP contribution is 2.10. The number of anilines is 1. The highest BCUT2D eigenvalue weighted by atomic mass is 32.2. The fourth-order valence-corrected chi connectivity index (χ4v) is 2.12. The van der Waals surface area contributed by atoms with Crippen molar-refractivity contribution in [3.05, 3.63) is 29.8 Å². The monoisotopic (exact) mass is 296 g/mol. The van der Waals surface area contributed by atoms with E-state index in [1.165, 1.54) is 0 Å². The summed E-state index contributed by atoms with van der Waals surface area (Å²) in [5, 5.41) is 14.2. The Balaban J connectivity index is 2.29. The van der Waals surface area contributed by atoms with E-state index < -0.39 is 5.97 Å². The van der Waals surface area contributed by atoms with Crippen LogP contribution in [-0.2, 0) is 11.2 Å². The summed E-state index contributed by atoms with van der Waals surface area (Å²) in [7, 11) is 0. The number of rotatable bonds is 8. The lowest BCUT2D eigenvalue weighted by Crippen LogP contribution is -2.29. The number of carbonyl (C=O) groups is 2. The standard InChI is InChI=1S/C14H20N2O3S/c1-20-9-3-2-8-15-14(19)16-12-6-4-11(5-7-12)10-13(17)18/h4-7H,2-3,8-10H2,1H3,(H,17,18)(H2,15,16,19). The van der Waals surface area contributed by atoms with Crippen LogP contribution in [0.4, 0.5) is 10.5 Å². The molecule has 0 bridgehead atoms. The Morgan fingerprint density at radius 2 is 1.90 bits per heavy atom. The first kappa shape index (κ1) is 16.4. The lowest BCUT2D eigenvalue weighted by Gasteiger charge is -2.08. The fraction of sp³-hybridized carbons (Fsp3) is 0.429. The number of aliphatic carboxylic acids is 1. The number of nitrogens with one attached hydrogen (secondary N) is 2. The minimum absolute atomic E-state index is 0.0120. The van der Waals surface area contributed by atoms with E-state index in [1.54, 1.807) is 36.0 Å². The van der Waals surface area contributed by atoms with E-state index in [9.17, 15) is 9.59 Å². The molecule has 0 aromatic heterocycles. The number of carboxylic acids is 1. The van der Waals surface area contributed by atoms with Crippen molar-refractivity contribution in [2.75, 3.05) is 23.9 Å². The lowest BCUT2D eigenvalue weighted by atomic mass is 10.1. The number of amides is 2. The molecule has 0 saturated carbocycles. The number of carbonyl (C=O) groups excluding carboxylic acids is 1. The Bertz CT molecular complexity index is 435. The van der Waals surface area contributed by atoms with E-state index in [2.05, 4.69) is 16.9 Å². The molecule has 0 saturated heterocycles. The maximum Gasteiger partial charge on any atom is 0.319 e. The summed E-state index contributed by atoms with van der Waals surface area (Å²) in [6.45, 7) is 0.656. The second kappa shape index (κ2) is 9.25. The van der Waals surface area contributed by atoms with Crippen molar-refractivity contribution >= 4 is 29.4 Å². The van der Waals surface area contributed by atoms with Crippen molar-refractivity contribution < 1.29 is 14.7 Å². The number of benzene rings is 1. The van der Waals surface area contributed by atoms with Crippen LogP contribution >= 0.6 is 11.8 Å². The third-order valence-electron chi connectivity index (χ3n) is 2.63. The molecule has 0 spiro atoms. The van der Waals surface area contributed by atoms with Crippen molar-refractivity contribution in [3.63, 3.8) is 0 Å². The van der Waals surface area contributed by atoms with Gasteiger partial charge in [-0.2, -0.15) is 11.8 Å². The topological polar surface area (TPSA) is 78.4 Å². The van der Waals surface area contributed by atoms with Gasteiger partial charge in [0, 0.05) is 12.2 Å². The average molecular weight is 296 g/mol. The second-order valence-corrected chi connectivity index (χ2v) is 5.33. The summed E-state index contributed by atoms with van der Waals surface area (Å²) in [6.07, 6.45) is 4.10. The smallest absolute Gasteiger partial charge is 0.319 e. The zero-order valence-corrected chi connectivity index (χ0v) is 12.3. The fourth-order valence-electron chi connectivity index (χ4n) is 1.63. The third-order valence-corrected chi connectivity index (χ3v) is 3.32. The number of thioether (sulfide) groups is 1. The van der Waals surface area contributed by atoms with Crippen molar-refractivity contribution in [3.8, 4) is 0 Å². The van der Waals surface area contributed by atoms with Crippen LogP contribution in [0.15, 0.2) is 24.3 Å². The Morgan fingerprint density at radius 3 is 2.50 bits per heavy atom. The normalized spacial score (nSPS) is 10.1. The molecule has 0 aliphatic heterocycles. The van der Waals surface area contributed by atoms with Crippen LogP contribution in [0.1, 0.15) is 18.4 Å². The van der Waals surface area contributed by atoms with Crippen molar-refractivity contribution in [1.82, 2.24) is 5.32 Å². The molecule has 0 fully saturated rings. The van der Waals surface area contributed by atoms with Crippen LogP contribution in [0.25, 0.3) is 0 Å². The van der Waals surface area contributed by atoms with Crippen LogP contribution in [0, 0.1) is 0 Å². The summed E-state index contributed by atoms with van der Waals surface area (Å²) in [6, 6.07) is 6.56. The van der Waals surface area contributed by atoms with E-state index in [0.717, 1.165) is 18.6 Å². The quantitative estimate of drug-likeness (QED) is 0.644. The lowest BCUT2D eigenvalue weighted by molar-refractivity contribution is -0.136. The number of unbranched alkanes of at least 4 members (excludes halogenated alkanes) is 1.